The molecule has 9 nitrogen and oxygen atoms in total. The highest BCUT2D eigenvalue weighted by Gasteiger charge is 2.38. The van der Waals surface area contributed by atoms with Gasteiger partial charge in [0, 0.05) is 6.54 Å². The molecule has 2 amide bonds. The van der Waals surface area contributed by atoms with E-state index in [1.165, 1.54) is 10.9 Å². The van der Waals surface area contributed by atoms with E-state index in [2.05, 4.69) is 5.10 Å². The second-order valence-corrected chi connectivity index (χ2v) is 7.87. The van der Waals surface area contributed by atoms with Crippen molar-refractivity contribution in [2.24, 2.45) is 5.73 Å². The third-order valence-corrected chi connectivity index (χ3v) is 5.74. The average Bonchev–Trinajstić information content (AvgIpc) is 3.23. The zero-order valence-electron chi connectivity index (χ0n) is 13.4. The van der Waals surface area contributed by atoms with E-state index in [1.54, 1.807) is 4.72 Å². The first kappa shape index (κ1) is 17.0. The zero-order chi connectivity index (χ0) is 17.5. The molecule has 24 heavy (non-hydrogen) atoms. The normalized spacial score (nSPS) is 22.3. The number of likely N-dealkylation sites (N-methyl/N-ethyl adjacent to an activating group) is 1. The van der Waals surface area contributed by atoms with Gasteiger partial charge in [0.05, 0.1) is 18.3 Å². The Labute approximate surface area is 139 Å². The topological polar surface area (TPSA) is 114 Å². The molecule has 3 N–H and O–H groups in total. The fraction of sp³-hybridized carbons (Fsp3) is 0.692. The number of halogens is 1. The Balaban J connectivity index is 1.99. The molecule has 3 rings (SSSR count). The molecular weight excluding hydrogens is 339 g/mol. The number of rotatable bonds is 5. The molecule has 1 aromatic rings. The number of nitrogens with two attached hydrogens (primary N) is 1. The Hall–Kier alpha value is -1.88. The molecule has 2 fully saturated rings. The van der Waals surface area contributed by atoms with Crippen molar-refractivity contribution in [3.05, 3.63) is 12.1 Å². The molecule has 0 radical (unpaired) electrons. The molecule has 1 saturated carbocycles. The smallest absolute Gasteiger partial charge is 0.328 e. The van der Waals surface area contributed by atoms with Crippen LogP contribution in [0.15, 0.2) is 6.20 Å². The largest absolute Gasteiger partial charge is 0.351 e. The minimum Gasteiger partial charge on any atom is -0.351 e. The van der Waals surface area contributed by atoms with Gasteiger partial charge in [0.1, 0.15) is 5.69 Å². The number of carbonyl (C=O) groups is 1. The summed E-state index contributed by atoms with van der Waals surface area (Å²) in [5.41, 5.74) is 4.82. The Morgan fingerprint density at radius 3 is 2.75 bits per heavy atom. The third-order valence-electron chi connectivity index (χ3n) is 4.27. The molecule has 1 atom stereocenters. The summed E-state index contributed by atoms with van der Waals surface area (Å²) in [5, 5.41) is 3.98. The van der Waals surface area contributed by atoms with Crippen molar-refractivity contribution in [1.29, 1.82) is 0 Å². The van der Waals surface area contributed by atoms with Gasteiger partial charge in [-0.1, -0.05) is 0 Å². The highest BCUT2D eigenvalue weighted by Crippen LogP contribution is 2.38. The maximum absolute atomic E-state index is 14.7. The second-order valence-electron chi connectivity index (χ2n) is 6.32. The van der Waals surface area contributed by atoms with E-state index in [9.17, 15) is 17.6 Å². The molecule has 2 aliphatic rings. The Morgan fingerprint density at radius 1 is 1.46 bits per heavy atom. The maximum atomic E-state index is 14.7. The number of nitrogens with one attached hydrogen (secondary N) is 1. The average molecular weight is 360 g/mol. The van der Waals surface area contributed by atoms with Crippen molar-refractivity contribution < 1.29 is 17.6 Å². The van der Waals surface area contributed by atoms with Crippen LogP contribution in [0.4, 0.5) is 14.9 Å². The summed E-state index contributed by atoms with van der Waals surface area (Å²) in [6.07, 6.45) is 4.15. The predicted molar refractivity (Wildman–Crippen MR) is 85.1 cm³/mol. The Kier molecular flexibility index (Phi) is 4.38. The maximum Gasteiger partial charge on any atom is 0.328 e. The summed E-state index contributed by atoms with van der Waals surface area (Å²) in [7, 11) is -2.46. The lowest BCUT2D eigenvalue weighted by Gasteiger charge is -2.37. The molecule has 2 heterocycles. The van der Waals surface area contributed by atoms with Crippen molar-refractivity contribution in [3.63, 3.8) is 0 Å². The van der Waals surface area contributed by atoms with Crippen molar-refractivity contribution in [3.8, 4) is 0 Å². The number of likely N-dealkylation sites (tertiary alicyclic amines) is 1. The van der Waals surface area contributed by atoms with Gasteiger partial charge < -0.3 is 10.6 Å². The number of hydrogen-bond acceptors (Lipinski definition) is 5. The molecule has 1 unspecified atom stereocenters. The minimum absolute atomic E-state index is 0.0265. The van der Waals surface area contributed by atoms with Gasteiger partial charge in [-0.25, -0.2) is 18.5 Å². The van der Waals surface area contributed by atoms with Crippen LogP contribution in [0, 0.1) is 5.95 Å². The van der Waals surface area contributed by atoms with E-state index < -0.39 is 28.2 Å². The minimum atomic E-state index is -4.32. The van der Waals surface area contributed by atoms with Gasteiger partial charge in [-0.3, -0.25) is 0 Å². The van der Waals surface area contributed by atoms with Crippen molar-refractivity contribution in [2.75, 3.05) is 24.4 Å². The predicted octanol–water partition coefficient (Wildman–Crippen LogP) is 0.171. The van der Waals surface area contributed by atoms with Crippen LogP contribution in [0.3, 0.4) is 0 Å². The molecule has 0 bridgehead atoms. The van der Waals surface area contributed by atoms with Gasteiger partial charge in [0.15, 0.2) is 0 Å². The molecule has 1 aromatic heterocycles. The number of urea groups is 1. The summed E-state index contributed by atoms with van der Waals surface area (Å²) < 4.78 is 43.7. The lowest BCUT2D eigenvalue weighted by Crippen LogP contribution is -2.54. The van der Waals surface area contributed by atoms with Crippen LogP contribution in [0.25, 0.3) is 0 Å². The molecule has 0 aromatic carbocycles. The van der Waals surface area contributed by atoms with E-state index in [0.717, 1.165) is 30.1 Å². The number of nitrogens with zero attached hydrogens (tertiary/aromatic N) is 4. The number of amides is 2. The number of piperidine rings is 1. The first-order valence-corrected chi connectivity index (χ1v) is 9.27. The standard InChI is InChI=1S/C13H21FN6O3S/c1-18-6-2-3-10(8-18)20(24(22,23)17-13(15)21)11-7-16-19(12(11)14)9-4-5-9/h7,9-10H,2-6,8H2,1H3,(H3,15,17,21). The monoisotopic (exact) mass is 360 g/mol. The number of anilines is 1. The van der Waals surface area contributed by atoms with Gasteiger partial charge in [-0.15, -0.1) is 0 Å². The van der Waals surface area contributed by atoms with Crippen LogP contribution in [0.5, 0.6) is 0 Å². The first-order valence-electron chi connectivity index (χ1n) is 7.82. The van der Waals surface area contributed by atoms with Crippen LogP contribution in [0.2, 0.25) is 0 Å². The number of primary amides is 1. The highest BCUT2D eigenvalue weighted by molar-refractivity contribution is 7.91. The Morgan fingerprint density at radius 2 is 2.17 bits per heavy atom. The molecule has 1 aliphatic carbocycles. The molecule has 1 aliphatic heterocycles. The summed E-state index contributed by atoms with van der Waals surface area (Å²) in [6.45, 7) is 1.26. The van der Waals surface area contributed by atoms with Crippen LogP contribution >= 0.6 is 0 Å². The van der Waals surface area contributed by atoms with E-state index >= 15 is 0 Å². The fourth-order valence-corrected chi connectivity index (χ4v) is 4.39. The van der Waals surface area contributed by atoms with Crippen LogP contribution in [-0.4, -0.2) is 55.3 Å². The summed E-state index contributed by atoms with van der Waals surface area (Å²) in [6, 6.07) is -1.74. The molecule has 11 heteroatoms. The van der Waals surface area contributed by atoms with Gasteiger partial charge in [-0.05, 0) is 39.3 Å². The second kappa shape index (κ2) is 6.20. The van der Waals surface area contributed by atoms with Gasteiger partial charge >= 0.3 is 16.2 Å². The highest BCUT2D eigenvalue weighted by atomic mass is 32.2. The van der Waals surface area contributed by atoms with Gasteiger partial charge in [-0.2, -0.15) is 17.9 Å². The van der Waals surface area contributed by atoms with E-state index in [4.69, 9.17) is 5.73 Å². The quantitative estimate of drug-likeness (QED) is 0.777. The van der Waals surface area contributed by atoms with Crippen molar-refractivity contribution in [1.82, 2.24) is 19.4 Å². The van der Waals surface area contributed by atoms with E-state index in [0.29, 0.717) is 13.0 Å². The number of hydrogen-bond donors (Lipinski definition) is 2. The molecule has 134 valence electrons. The van der Waals surface area contributed by atoms with Crippen LogP contribution in [-0.2, 0) is 10.2 Å². The third kappa shape index (κ3) is 3.31. The lowest BCUT2D eigenvalue weighted by molar-refractivity contribution is 0.250. The van der Waals surface area contributed by atoms with Crippen LogP contribution in [0.1, 0.15) is 31.7 Å². The SMILES string of the molecule is CN1CCCC(N(c2cnn(C3CC3)c2F)S(=O)(=O)NC(N)=O)C1. The molecule has 0 spiro atoms. The van der Waals surface area contributed by atoms with Crippen molar-refractivity contribution in [2.45, 2.75) is 37.8 Å². The Bertz CT molecular complexity index is 732. The number of carbonyl (C=O) groups excluding carboxylic acids is 1. The fourth-order valence-electron chi connectivity index (χ4n) is 3.09. The molecule has 1 saturated heterocycles. The summed E-state index contributed by atoms with van der Waals surface area (Å²) in [4.78, 5) is 13.0. The van der Waals surface area contributed by atoms with Gasteiger partial charge in [0.25, 0.3) is 0 Å². The van der Waals surface area contributed by atoms with Crippen LogP contribution < -0.4 is 14.8 Å². The molecular formula is C13H21FN6O3S. The lowest BCUT2D eigenvalue weighted by atomic mass is 10.1. The van der Waals surface area contributed by atoms with Crippen molar-refractivity contribution >= 4 is 21.9 Å². The first-order chi connectivity index (χ1) is 11.3. The van der Waals surface area contributed by atoms with E-state index in [1.807, 2.05) is 11.9 Å². The zero-order valence-corrected chi connectivity index (χ0v) is 14.2. The number of aromatic nitrogens is 2. The summed E-state index contributed by atoms with van der Waals surface area (Å²) >= 11 is 0. The summed E-state index contributed by atoms with van der Waals surface area (Å²) in [5.74, 6) is -0.708. The van der Waals surface area contributed by atoms with Gasteiger partial charge in [0.2, 0.25) is 5.95 Å². The van der Waals surface area contributed by atoms with E-state index in [-0.39, 0.29) is 11.7 Å².